The topological polar surface area (TPSA) is 55.6 Å². The van der Waals surface area contributed by atoms with Crippen molar-refractivity contribution in [2.75, 3.05) is 5.32 Å². The molecule has 2 heterocycles. The van der Waals surface area contributed by atoms with Crippen molar-refractivity contribution in [3.05, 3.63) is 75.8 Å². The maximum Gasteiger partial charge on any atom is 0.248 e. The summed E-state index contributed by atoms with van der Waals surface area (Å²) in [5.41, 5.74) is 4.49. The van der Waals surface area contributed by atoms with E-state index < -0.39 is 0 Å². The van der Waals surface area contributed by atoms with Gasteiger partial charge in [0.05, 0.1) is 0 Å². The number of halogens is 1. The number of hydrogen-bond donors (Lipinski definition) is 1. The molecular formula is C17H14BrN5. The van der Waals surface area contributed by atoms with Gasteiger partial charge in [0.2, 0.25) is 5.95 Å². The molecule has 0 amide bonds. The smallest absolute Gasteiger partial charge is 0.248 e. The van der Waals surface area contributed by atoms with Crippen molar-refractivity contribution in [2.45, 2.75) is 13.0 Å². The number of nitrogens with one attached hydrogen (secondary N) is 1. The van der Waals surface area contributed by atoms with Crippen LogP contribution in [0.1, 0.15) is 22.7 Å². The number of aryl methyl sites for hydroxylation is 1. The first-order chi connectivity index (χ1) is 11.2. The van der Waals surface area contributed by atoms with Crippen LogP contribution in [0.2, 0.25) is 0 Å². The van der Waals surface area contributed by atoms with E-state index in [-0.39, 0.29) is 6.04 Å². The van der Waals surface area contributed by atoms with Crippen LogP contribution >= 0.6 is 15.9 Å². The van der Waals surface area contributed by atoms with Crippen molar-refractivity contribution in [3.8, 4) is 0 Å². The fourth-order valence-corrected chi connectivity index (χ4v) is 2.92. The Morgan fingerprint density at radius 2 is 1.78 bits per heavy atom. The molecule has 0 saturated carbocycles. The van der Waals surface area contributed by atoms with Crippen molar-refractivity contribution in [3.63, 3.8) is 0 Å². The Morgan fingerprint density at radius 1 is 1.04 bits per heavy atom. The predicted octanol–water partition coefficient (Wildman–Crippen LogP) is 3.80. The number of tetrazole rings is 1. The van der Waals surface area contributed by atoms with Gasteiger partial charge in [-0.15, -0.1) is 0 Å². The van der Waals surface area contributed by atoms with E-state index in [2.05, 4.69) is 86.2 Å². The Balaban J connectivity index is 1.79. The first-order valence-electron chi connectivity index (χ1n) is 7.30. The fraction of sp³-hybridized carbons (Fsp3) is 0.118. The summed E-state index contributed by atoms with van der Waals surface area (Å²) in [4.78, 5) is 0. The average molecular weight is 368 g/mol. The first-order valence-corrected chi connectivity index (χ1v) is 8.09. The standard InChI is InChI=1S/C17H14BrN5/c1-11-2-4-13(5-3-11)16-10-15(12-6-8-14(18)9-7-12)19-17-20-21-22-23(16)17/h2-10,16H,1H3,(H,19,20,22)/t16-/m0/s1. The van der Waals surface area contributed by atoms with Crippen LogP contribution in [0.15, 0.2) is 59.1 Å². The molecule has 1 aliphatic heterocycles. The molecule has 0 unspecified atom stereocenters. The highest BCUT2D eigenvalue weighted by molar-refractivity contribution is 9.10. The van der Waals surface area contributed by atoms with Gasteiger partial charge in [-0.3, -0.25) is 0 Å². The molecule has 2 aromatic carbocycles. The number of benzene rings is 2. The molecule has 0 bridgehead atoms. The summed E-state index contributed by atoms with van der Waals surface area (Å²) in [5, 5.41) is 15.3. The third-order valence-corrected chi connectivity index (χ3v) is 4.43. The average Bonchev–Trinajstić information content (AvgIpc) is 3.04. The van der Waals surface area contributed by atoms with Crippen molar-refractivity contribution >= 4 is 27.6 Å². The summed E-state index contributed by atoms with van der Waals surface area (Å²) >= 11 is 3.47. The van der Waals surface area contributed by atoms with Crippen molar-refractivity contribution in [1.29, 1.82) is 0 Å². The fourth-order valence-electron chi connectivity index (χ4n) is 2.65. The highest BCUT2D eigenvalue weighted by Gasteiger charge is 2.24. The van der Waals surface area contributed by atoms with Crippen molar-refractivity contribution in [1.82, 2.24) is 20.2 Å². The quantitative estimate of drug-likeness (QED) is 0.748. The van der Waals surface area contributed by atoms with Gasteiger partial charge >= 0.3 is 0 Å². The van der Waals surface area contributed by atoms with Gasteiger partial charge in [0, 0.05) is 10.2 Å². The monoisotopic (exact) mass is 367 g/mol. The van der Waals surface area contributed by atoms with E-state index in [4.69, 9.17) is 0 Å². The molecule has 1 aliphatic rings. The van der Waals surface area contributed by atoms with E-state index in [0.717, 1.165) is 21.3 Å². The van der Waals surface area contributed by atoms with Gasteiger partial charge in [-0.25, -0.2) is 0 Å². The third kappa shape index (κ3) is 2.66. The summed E-state index contributed by atoms with van der Waals surface area (Å²) in [5.74, 6) is 0.649. The second-order valence-corrected chi connectivity index (χ2v) is 6.43. The third-order valence-electron chi connectivity index (χ3n) is 3.90. The van der Waals surface area contributed by atoms with Gasteiger partial charge in [0.25, 0.3) is 0 Å². The van der Waals surface area contributed by atoms with Crippen LogP contribution < -0.4 is 5.32 Å². The Hall–Kier alpha value is -2.47. The molecule has 3 aromatic rings. The zero-order valence-corrected chi connectivity index (χ0v) is 14.0. The molecule has 0 radical (unpaired) electrons. The highest BCUT2D eigenvalue weighted by Crippen LogP contribution is 2.31. The molecule has 114 valence electrons. The maximum atomic E-state index is 4.12. The molecule has 4 rings (SSSR count). The van der Waals surface area contributed by atoms with Crippen LogP contribution in [0.3, 0.4) is 0 Å². The van der Waals surface area contributed by atoms with Gasteiger partial charge < -0.3 is 5.32 Å². The number of hydrogen-bond acceptors (Lipinski definition) is 4. The molecule has 0 spiro atoms. The molecule has 6 heteroatoms. The van der Waals surface area contributed by atoms with E-state index in [0.29, 0.717) is 5.95 Å². The molecule has 5 nitrogen and oxygen atoms in total. The molecule has 23 heavy (non-hydrogen) atoms. The van der Waals surface area contributed by atoms with E-state index in [1.54, 1.807) is 4.68 Å². The summed E-state index contributed by atoms with van der Waals surface area (Å²) < 4.78 is 2.85. The van der Waals surface area contributed by atoms with Crippen LogP contribution in [0, 0.1) is 6.92 Å². The highest BCUT2D eigenvalue weighted by atomic mass is 79.9. The second-order valence-electron chi connectivity index (χ2n) is 5.51. The Kier molecular flexibility index (Phi) is 3.46. The minimum Gasteiger partial charge on any atom is -0.323 e. The van der Waals surface area contributed by atoms with Crippen LogP contribution in [-0.2, 0) is 0 Å². The molecule has 0 saturated heterocycles. The van der Waals surface area contributed by atoms with Crippen LogP contribution in [0.25, 0.3) is 5.70 Å². The number of anilines is 1. The van der Waals surface area contributed by atoms with Crippen molar-refractivity contribution < 1.29 is 0 Å². The van der Waals surface area contributed by atoms with Gasteiger partial charge in [0.1, 0.15) is 6.04 Å². The Labute approximate surface area is 142 Å². The van der Waals surface area contributed by atoms with E-state index in [1.165, 1.54) is 5.56 Å². The lowest BCUT2D eigenvalue weighted by molar-refractivity contribution is 0.586. The molecule has 1 aromatic heterocycles. The SMILES string of the molecule is Cc1ccc([C@@H]2C=C(c3ccc(Br)cc3)Nc3nnnn32)cc1. The number of fused-ring (bicyclic) bond motifs is 1. The summed E-state index contributed by atoms with van der Waals surface area (Å²) in [6, 6.07) is 16.6. The Morgan fingerprint density at radius 3 is 2.52 bits per heavy atom. The van der Waals surface area contributed by atoms with E-state index in [9.17, 15) is 0 Å². The molecule has 0 fully saturated rings. The largest absolute Gasteiger partial charge is 0.323 e. The molecule has 0 aliphatic carbocycles. The Bertz CT molecular complexity index is 865. The minimum atomic E-state index is -0.0273. The van der Waals surface area contributed by atoms with Crippen LogP contribution in [-0.4, -0.2) is 20.2 Å². The van der Waals surface area contributed by atoms with Gasteiger partial charge in [0.15, 0.2) is 0 Å². The molecular weight excluding hydrogens is 354 g/mol. The lowest BCUT2D eigenvalue weighted by Crippen LogP contribution is -2.20. The van der Waals surface area contributed by atoms with E-state index >= 15 is 0 Å². The van der Waals surface area contributed by atoms with Crippen LogP contribution in [0.5, 0.6) is 0 Å². The van der Waals surface area contributed by atoms with Gasteiger partial charge in [-0.05, 0) is 46.7 Å². The first kappa shape index (κ1) is 14.1. The summed E-state index contributed by atoms with van der Waals surface area (Å²) in [6.45, 7) is 2.08. The predicted molar refractivity (Wildman–Crippen MR) is 92.9 cm³/mol. The number of allylic oxidation sites excluding steroid dienone is 1. The molecule has 1 atom stereocenters. The summed E-state index contributed by atoms with van der Waals surface area (Å²) in [7, 11) is 0. The zero-order chi connectivity index (χ0) is 15.8. The van der Waals surface area contributed by atoms with E-state index in [1.807, 2.05) is 12.1 Å². The number of rotatable bonds is 2. The van der Waals surface area contributed by atoms with Crippen LogP contribution in [0.4, 0.5) is 5.95 Å². The summed E-state index contributed by atoms with van der Waals surface area (Å²) in [6.07, 6.45) is 2.15. The second kappa shape index (κ2) is 5.62. The van der Waals surface area contributed by atoms with Gasteiger partial charge in [-0.2, -0.15) is 4.68 Å². The zero-order valence-electron chi connectivity index (χ0n) is 12.4. The number of nitrogens with zero attached hydrogens (tertiary/aromatic N) is 4. The normalized spacial score (nSPS) is 16.4. The maximum absolute atomic E-state index is 4.12. The lowest BCUT2D eigenvalue weighted by Gasteiger charge is -2.23. The minimum absolute atomic E-state index is 0.0273. The lowest BCUT2D eigenvalue weighted by atomic mass is 10.0. The molecule has 1 N–H and O–H groups in total. The number of aromatic nitrogens is 4. The van der Waals surface area contributed by atoms with Gasteiger partial charge in [-0.1, -0.05) is 63.0 Å². The van der Waals surface area contributed by atoms with Crippen molar-refractivity contribution in [2.24, 2.45) is 0 Å².